The summed E-state index contributed by atoms with van der Waals surface area (Å²) in [6.45, 7) is 8.36. The van der Waals surface area contributed by atoms with Gasteiger partial charge in [0.05, 0.1) is 11.9 Å². The van der Waals surface area contributed by atoms with Crippen LogP contribution in [0.15, 0.2) is 21.2 Å². The van der Waals surface area contributed by atoms with E-state index in [0.29, 0.717) is 12.2 Å². The molecule has 0 spiro atoms. The van der Waals surface area contributed by atoms with Crippen LogP contribution in [0.5, 0.6) is 0 Å². The number of hydrogen-bond donors (Lipinski definition) is 2. The van der Waals surface area contributed by atoms with Crippen molar-refractivity contribution in [2.45, 2.75) is 40.2 Å². The number of aryl methyl sites for hydroxylation is 1. The highest BCUT2D eigenvalue weighted by atomic mass is 32.1. The zero-order valence-electron chi connectivity index (χ0n) is 17.2. The van der Waals surface area contributed by atoms with Gasteiger partial charge in [-0.2, -0.15) is 9.78 Å². The molecule has 30 heavy (non-hydrogen) atoms. The standard InChI is InChI=1S/C18H25N9O2S/c1-4-7-26(8-5-2)11-13-15(21-25-27(13)17-16(19)23-29-24-17)18(28)22-20-10-14-12(3)6-9-30-14/h6,9-10H,4-5,7-8,11H2,1-3H3,(H2,19,23)(H,22,28). The van der Waals surface area contributed by atoms with E-state index in [2.05, 4.69) is 49.9 Å². The Bertz CT molecular complexity index is 1000. The molecule has 3 rings (SSSR count). The van der Waals surface area contributed by atoms with E-state index in [9.17, 15) is 4.79 Å². The predicted octanol–water partition coefficient (Wildman–Crippen LogP) is 1.99. The summed E-state index contributed by atoms with van der Waals surface area (Å²) in [5, 5.41) is 21.5. The maximum absolute atomic E-state index is 12.8. The van der Waals surface area contributed by atoms with Crippen molar-refractivity contribution < 1.29 is 9.42 Å². The minimum atomic E-state index is -0.468. The van der Waals surface area contributed by atoms with Gasteiger partial charge in [0.1, 0.15) is 0 Å². The Hall–Kier alpha value is -3.12. The first kappa shape index (κ1) is 21.6. The number of carbonyl (C=O) groups is 1. The smallest absolute Gasteiger partial charge is 0.293 e. The summed E-state index contributed by atoms with van der Waals surface area (Å²) in [4.78, 5) is 16.0. The SMILES string of the molecule is CCCN(CCC)Cc1c(C(=O)NN=Cc2sccc2C)nnn1-c1nonc1N. The highest BCUT2D eigenvalue weighted by Crippen LogP contribution is 2.18. The fraction of sp³-hybridized carbons (Fsp3) is 0.444. The molecule has 0 aromatic carbocycles. The lowest BCUT2D eigenvalue weighted by Crippen LogP contribution is -2.28. The van der Waals surface area contributed by atoms with Gasteiger partial charge in [0.25, 0.3) is 5.91 Å². The van der Waals surface area contributed by atoms with Gasteiger partial charge in [0, 0.05) is 11.4 Å². The van der Waals surface area contributed by atoms with Gasteiger partial charge in [-0.05, 0) is 60.2 Å². The molecule has 3 N–H and O–H groups in total. The summed E-state index contributed by atoms with van der Waals surface area (Å²) in [5.74, 6) is -0.205. The molecule has 0 aliphatic rings. The topological polar surface area (TPSA) is 140 Å². The Morgan fingerprint density at radius 2 is 2.13 bits per heavy atom. The van der Waals surface area contributed by atoms with Crippen molar-refractivity contribution >= 4 is 29.3 Å². The van der Waals surface area contributed by atoms with Gasteiger partial charge in [-0.1, -0.05) is 19.1 Å². The van der Waals surface area contributed by atoms with Crippen molar-refractivity contribution in [3.63, 3.8) is 0 Å². The van der Waals surface area contributed by atoms with Crippen LogP contribution in [-0.4, -0.2) is 55.4 Å². The summed E-state index contributed by atoms with van der Waals surface area (Å²) in [7, 11) is 0. The minimum absolute atomic E-state index is 0.0665. The van der Waals surface area contributed by atoms with Crippen molar-refractivity contribution in [2.24, 2.45) is 5.10 Å². The van der Waals surface area contributed by atoms with E-state index in [1.54, 1.807) is 17.6 Å². The van der Waals surface area contributed by atoms with Crippen LogP contribution in [0.25, 0.3) is 5.82 Å². The number of nitrogen functional groups attached to an aromatic ring is 1. The number of hydrogen-bond acceptors (Lipinski definition) is 10. The van der Waals surface area contributed by atoms with Gasteiger partial charge in [-0.3, -0.25) is 9.69 Å². The van der Waals surface area contributed by atoms with Crippen molar-refractivity contribution in [1.29, 1.82) is 0 Å². The van der Waals surface area contributed by atoms with Gasteiger partial charge in [0.15, 0.2) is 5.69 Å². The van der Waals surface area contributed by atoms with Crippen LogP contribution in [0.4, 0.5) is 5.82 Å². The van der Waals surface area contributed by atoms with Gasteiger partial charge in [-0.15, -0.1) is 16.4 Å². The number of rotatable bonds is 10. The van der Waals surface area contributed by atoms with Crippen molar-refractivity contribution in [3.05, 3.63) is 33.3 Å². The molecule has 11 nitrogen and oxygen atoms in total. The molecule has 0 unspecified atom stereocenters. The van der Waals surface area contributed by atoms with Crippen molar-refractivity contribution in [1.82, 2.24) is 35.6 Å². The summed E-state index contributed by atoms with van der Waals surface area (Å²) < 4.78 is 6.09. The number of hydrazone groups is 1. The molecule has 0 saturated carbocycles. The second kappa shape index (κ2) is 10.1. The van der Waals surface area contributed by atoms with Crippen LogP contribution in [0, 0.1) is 6.92 Å². The Morgan fingerprint density at radius 1 is 1.37 bits per heavy atom. The highest BCUT2D eigenvalue weighted by Gasteiger charge is 2.25. The number of amides is 1. The maximum Gasteiger partial charge on any atom is 0.293 e. The minimum Gasteiger partial charge on any atom is -0.378 e. The monoisotopic (exact) mass is 431 g/mol. The molecule has 0 bridgehead atoms. The lowest BCUT2D eigenvalue weighted by Gasteiger charge is -2.21. The summed E-state index contributed by atoms with van der Waals surface area (Å²) in [6.07, 6.45) is 3.56. The van der Waals surface area contributed by atoms with Crippen LogP contribution in [0.3, 0.4) is 0 Å². The lowest BCUT2D eigenvalue weighted by atomic mass is 10.2. The molecule has 0 aliphatic heterocycles. The average Bonchev–Trinajstić information content (AvgIpc) is 3.43. The zero-order chi connectivity index (χ0) is 21.5. The third-order valence-corrected chi connectivity index (χ3v) is 5.33. The highest BCUT2D eigenvalue weighted by molar-refractivity contribution is 7.11. The Morgan fingerprint density at radius 3 is 2.73 bits per heavy atom. The van der Waals surface area contributed by atoms with E-state index in [0.717, 1.165) is 36.4 Å². The van der Waals surface area contributed by atoms with E-state index < -0.39 is 5.91 Å². The first-order valence-corrected chi connectivity index (χ1v) is 10.6. The molecule has 0 aliphatic carbocycles. The number of nitrogens with one attached hydrogen (secondary N) is 1. The predicted molar refractivity (Wildman–Crippen MR) is 114 cm³/mol. The lowest BCUT2D eigenvalue weighted by molar-refractivity contribution is 0.0947. The summed E-state index contributed by atoms with van der Waals surface area (Å²) in [6, 6.07) is 1.99. The van der Waals surface area contributed by atoms with E-state index >= 15 is 0 Å². The zero-order valence-corrected chi connectivity index (χ0v) is 18.0. The van der Waals surface area contributed by atoms with Crippen LogP contribution in [0.2, 0.25) is 0 Å². The van der Waals surface area contributed by atoms with Crippen molar-refractivity contribution in [2.75, 3.05) is 18.8 Å². The van der Waals surface area contributed by atoms with E-state index in [1.165, 1.54) is 4.68 Å². The fourth-order valence-corrected chi connectivity index (χ4v) is 3.75. The van der Waals surface area contributed by atoms with Crippen LogP contribution in [-0.2, 0) is 6.54 Å². The van der Waals surface area contributed by atoms with E-state index in [-0.39, 0.29) is 17.3 Å². The molecule has 0 saturated heterocycles. The number of thiophene rings is 1. The Labute approximate surface area is 177 Å². The third-order valence-electron chi connectivity index (χ3n) is 4.38. The van der Waals surface area contributed by atoms with Crippen molar-refractivity contribution in [3.8, 4) is 5.82 Å². The number of carbonyl (C=O) groups excluding carboxylic acids is 1. The quantitative estimate of drug-likeness (QED) is 0.367. The van der Waals surface area contributed by atoms with Gasteiger partial charge < -0.3 is 5.73 Å². The van der Waals surface area contributed by atoms with Gasteiger partial charge in [0.2, 0.25) is 11.6 Å². The second-order valence-corrected chi connectivity index (χ2v) is 7.66. The van der Waals surface area contributed by atoms with Crippen LogP contribution >= 0.6 is 11.3 Å². The normalized spacial score (nSPS) is 11.6. The molecule has 3 aromatic heterocycles. The van der Waals surface area contributed by atoms with E-state index in [4.69, 9.17) is 10.4 Å². The number of nitrogens with zero attached hydrogens (tertiary/aromatic N) is 7. The molecule has 1 amide bonds. The molecule has 3 aromatic rings. The number of aromatic nitrogens is 5. The Balaban J connectivity index is 1.88. The van der Waals surface area contributed by atoms with Crippen LogP contribution < -0.4 is 11.2 Å². The summed E-state index contributed by atoms with van der Waals surface area (Å²) in [5.41, 5.74) is 10.1. The Kier molecular flexibility index (Phi) is 7.25. The fourth-order valence-electron chi connectivity index (χ4n) is 2.96. The molecule has 12 heteroatoms. The molecule has 0 fully saturated rings. The molecule has 0 atom stereocenters. The number of nitrogens with two attached hydrogens (primary N) is 1. The largest absolute Gasteiger partial charge is 0.378 e. The average molecular weight is 432 g/mol. The maximum atomic E-state index is 12.8. The molecular formula is C18H25N9O2S. The molecular weight excluding hydrogens is 406 g/mol. The number of anilines is 1. The summed E-state index contributed by atoms with van der Waals surface area (Å²) >= 11 is 1.54. The van der Waals surface area contributed by atoms with E-state index in [1.807, 2.05) is 18.4 Å². The van der Waals surface area contributed by atoms with Gasteiger partial charge in [-0.25, -0.2) is 10.1 Å². The first-order chi connectivity index (χ1) is 14.5. The van der Waals surface area contributed by atoms with Gasteiger partial charge >= 0.3 is 0 Å². The first-order valence-electron chi connectivity index (χ1n) is 9.67. The third kappa shape index (κ3) is 4.89. The second-order valence-electron chi connectivity index (χ2n) is 6.71. The molecule has 3 heterocycles. The molecule has 160 valence electrons. The molecule has 0 radical (unpaired) electrons. The van der Waals surface area contributed by atoms with Crippen LogP contribution in [0.1, 0.15) is 53.3 Å².